The van der Waals surface area contributed by atoms with Gasteiger partial charge in [0.15, 0.2) is 0 Å². The molecule has 0 aliphatic carbocycles. The zero-order chi connectivity index (χ0) is 12.3. The van der Waals surface area contributed by atoms with Crippen LogP contribution in [0.4, 0.5) is 0 Å². The quantitative estimate of drug-likeness (QED) is 0.874. The molecule has 0 aliphatic rings. The summed E-state index contributed by atoms with van der Waals surface area (Å²) in [6.45, 7) is 5.03. The van der Waals surface area contributed by atoms with Gasteiger partial charge < -0.3 is 5.73 Å². The van der Waals surface area contributed by atoms with Gasteiger partial charge in [0.1, 0.15) is 0 Å². The first-order chi connectivity index (χ1) is 8.20. The van der Waals surface area contributed by atoms with Gasteiger partial charge in [0.2, 0.25) is 0 Å². The number of aryl methyl sites for hydroxylation is 2. The van der Waals surface area contributed by atoms with Crippen molar-refractivity contribution in [2.45, 2.75) is 32.9 Å². The van der Waals surface area contributed by atoms with E-state index in [0.29, 0.717) is 0 Å². The first kappa shape index (κ1) is 11.8. The summed E-state index contributed by atoms with van der Waals surface area (Å²) in [5.74, 6) is 0. The molecule has 17 heavy (non-hydrogen) atoms. The number of hydrogen-bond acceptors (Lipinski definition) is 3. The maximum atomic E-state index is 6.18. The molecule has 0 saturated heterocycles. The minimum absolute atomic E-state index is 0.145. The van der Waals surface area contributed by atoms with Crippen LogP contribution in [0.25, 0.3) is 0 Å². The second kappa shape index (κ2) is 5.10. The van der Waals surface area contributed by atoms with Gasteiger partial charge in [-0.3, -0.25) is 9.67 Å². The first-order valence-electron chi connectivity index (χ1n) is 5.91. The lowest BCUT2D eigenvalue weighted by atomic mass is 10.0. The summed E-state index contributed by atoms with van der Waals surface area (Å²) < 4.78 is 1.93. The van der Waals surface area contributed by atoms with Crippen LogP contribution in [0.5, 0.6) is 0 Å². The normalized spacial score (nSPS) is 12.6. The van der Waals surface area contributed by atoms with E-state index < -0.39 is 0 Å². The molecule has 1 unspecified atom stereocenters. The Hall–Kier alpha value is -1.68. The number of nitrogens with two attached hydrogens (primary N) is 1. The Balaban J connectivity index is 2.18. The number of pyridine rings is 1. The van der Waals surface area contributed by atoms with Gasteiger partial charge in [-0.25, -0.2) is 0 Å². The molecule has 4 nitrogen and oxygen atoms in total. The topological polar surface area (TPSA) is 56.7 Å². The van der Waals surface area contributed by atoms with E-state index in [-0.39, 0.29) is 6.04 Å². The number of hydrogen-bond donors (Lipinski definition) is 1. The van der Waals surface area contributed by atoms with Crippen LogP contribution in [0.3, 0.4) is 0 Å². The highest BCUT2D eigenvalue weighted by Gasteiger charge is 2.11. The molecular weight excluding hydrogens is 212 g/mol. The average molecular weight is 230 g/mol. The van der Waals surface area contributed by atoms with Crippen molar-refractivity contribution in [3.8, 4) is 0 Å². The van der Waals surface area contributed by atoms with Crippen molar-refractivity contribution in [1.29, 1.82) is 0 Å². The third-order valence-corrected chi connectivity index (χ3v) is 2.76. The van der Waals surface area contributed by atoms with Crippen molar-refractivity contribution >= 4 is 0 Å². The van der Waals surface area contributed by atoms with Gasteiger partial charge in [-0.2, -0.15) is 5.10 Å². The second-order valence-corrected chi connectivity index (χ2v) is 4.25. The smallest absolute Gasteiger partial charge is 0.0598 e. The highest BCUT2D eigenvalue weighted by molar-refractivity contribution is 5.27. The summed E-state index contributed by atoms with van der Waals surface area (Å²) in [5.41, 5.74) is 9.24. The van der Waals surface area contributed by atoms with E-state index in [9.17, 15) is 0 Å². The minimum atomic E-state index is -0.145. The molecular formula is C13H18N4. The third kappa shape index (κ3) is 2.71. The number of aromatic nitrogens is 3. The number of nitrogens with zero attached hydrogens (tertiary/aromatic N) is 3. The van der Waals surface area contributed by atoms with Crippen LogP contribution >= 0.6 is 0 Å². The van der Waals surface area contributed by atoms with Crippen LogP contribution in [0.15, 0.2) is 30.7 Å². The lowest BCUT2D eigenvalue weighted by Crippen LogP contribution is -2.11. The fraction of sp³-hybridized carbons (Fsp3) is 0.385. The monoisotopic (exact) mass is 230 g/mol. The molecule has 2 rings (SSSR count). The third-order valence-electron chi connectivity index (χ3n) is 2.76. The van der Waals surface area contributed by atoms with Crippen LogP contribution < -0.4 is 5.73 Å². The Morgan fingerprint density at radius 1 is 1.29 bits per heavy atom. The highest BCUT2D eigenvalue weighted by Crippen LogP contribution is 2.18. The van der Waals surface area contributed by atoms with Gasteiger partial charge in [0.05, 0.1) is 12.2 Å². The van der Waals surface area contributed by atoms with E-state index in [4.69, 9.17) is 5.73 Å². The Labute approximate surface area is 101 Å². The Morgan fingerprint density at radius 3 is 2.76 bits per heavy atom. The van der Waals surface area contributed by atoms with Crippen molar-refractivity contribution in [3.63, 3.8) is 0 Å². The minimum Gasteiger partial charge on any atom is -0.320 e. The van der Waals surface area contributed by atoms with Gasteiger partial charge in [-0.15, -0.1) is 0 Å². The standard InChI is InChI=1S/C13H18N4/c1-3-6-17-9-12(8-16-17)13(14)11-5-4-10(2)15-7-11/h4-5,7-9,13H,3,6,14H2,1-2H3. The molecule has 1 atom stereocenters. The van der Waals surface area contributed by atoms with Gasteiger partial charge in [0.25, 0.3) is 0 Å². The fourth-order valence-corrected chi connectivity index (χ4v) is 1.75. The second-order valence-electron chi connectivity index (χ2n) is 4.25. The predicted molar refractivity (Wildman–Crippen MR) is 67.5 cm³/mol. The van der Waals surface area contributed by atoms with E-state index >= 15 is 0 Å². The highest BCUT2D eigenvalue weighted by atomic mass is 15.3. The molecule has 0 fully saturated rings. The van der Waals surface area contributed by atoms with Crippen LogP contribution in [0.1, 0.15) is 36.2 Å². The molecule has 0 radical (unpaired) electrons. The van der Waals surface area contributed by atoms with Crippen molar-refractivity contribution in [3.05, 3.63) is 47.5 Å². The molecule has 0 amide bonds. The lowest BCUT2D eigenvalue weighted by Gasteiger charge is -2.09. The maximum Gasteiger partial charge on any atom is 0.0598 e. The molecule has 2 N–H and O–H groups in total. The van der Waals surface area contributed by atoms with Crippen LogP contribution in [0.2, 0.25) is 0 Å². The van der Waals surface area contributed by atoms with E-state index in [1.54, 1.807) is 0 Å². The van der Waals surface area contributed by atoms with E-state index in [1.165, 1.54) is 0 Å². The molecule has 90 valence electrons. The Morgan fingerprint density at radius 2 is 2.12 bits per heavy atom. The van der Waals surface area contributed by atoms with Gasteiger partial charge in [0, 0.05) is 30.2 Å². The molecule has 0 aromatic carbocycles. The summed E-state index contributed by atoms with van der Waals surface area (Å²) in [4.78, 5) is 4.26. The summed E-state index contributed by atoms with van der Waals surface area (Å²) in [6, 6.07) is 3.85. The average Bonchev–Trinajstić information content (AvgIpc) is 2.78. The zero-order valence-corrected chi connectivity index (χ0v) is 10.3. The number of rotatable bonds is 4. The molecule has 2 aromatic heterocycles. The SMILES string of the molecule is CCCn1cc(C(N)c2ccc(C)nc2)cn1. The van der Waals surface area contributed by atoms with Crippen molar-refractivity contribution < 1.29 is 0 Å². The molecule has 0 saturated carbocycles. The van der Waals surface area contributed by atoms with Crippen LogP contribution in [-0.4, -0.2) is 14.8 Å². The molecule has 2 heterocycles. The van der Waals surface area contributed by atoms with Crippen molar-refractivity contribution in [2.24, 2.45) is 5.73 Å². The Kier molecular flexibility index (Phi) is 3.54. The molecule has 2 aromatic rings. The van der Waals surface area contributed by atoms with Crippen LogP contribution in [0, 0.1) is 6.92 Å². The van der Waals surface area contributed by atoms with Gasteiger partial charge in [-0.1, -0.05) is 13.0 Å². The van der Waals surface area contributed by atoms with Crippen molar-refractivity contribution in [1.82, 2.24) is 14.8 Å². The van der Waals surface area contributed by atoms with Gasteiger partial charge >= 0.3 is 0 Å². The summed E-state index contributed by atoms with van der Waals surface area (Å²) in [5, 5.41) is 4.29. The summed E-state index contributed by atoms with van der Waals surface area (Å²) in [6.07, 6.45) is 6.74. The zero-order valence-electron chi connectivity index (χ0n) is 10.3. The summed E-state index contributed by atoms with van der Waals surface area (Å²) in [7, 11) is 0. The molecule has 4 heteroatoms. The molecule has 0 spiro atoms. The fourth-order valence-electron chi connectivity index (χ4n) is 1.75. The molecule has 0 bridgehead atoms. The summed E-state index contributed by atoms with van der Waals surface area (Å²) >= 11 is 0. The first-order valence-corrected chi connectivity index (χ1v) is 5.91. The van der Waals surface area contributed by atoms with E-state index in [0.717, 1.165) is 29.8 Å². The Bertz CT molecular complexity index is 472. The van der Waals surface area contributed by atoms with Gasteiger partial charge in [-0.05, 0) is 25.0 Å². The van der Waals surface area contributed by atoms with E-state index in [1.807, 2.05) is 42.3 Å². The van der Waals surface area contributed by atoms with E-state index in [2.05, 4.69) is 17.0 Å². The largest absolute Gasteiger partial charge is 0.320 e. The predicted octanol–water partition coefficient (Wildman–Crippen LogP) is 2.04. The molecule has 0 aliphatic heterocycles. The van der Waals surface area contributed by atoms with Crippen molar-refractivity contribution in [2.75, 3.05) is 0 Å². The maximum absolute atomic E-state index is 6.18. The van der Waals surface area contributed by atoms with Crippen LogP contribution in [-0.2, 0) is 6.54 Å². The lowest BCUT2D eigenvalue weighted by molar-refractivity contribution is 0.602.